The van der Waals surface area contributed by atoms with E-state index in [2.05, 4.69) is 10.3 Å². The average Bonchev–Trinajstić information content (AvgIpc) is 2.44. The summed E-state index contributed by atoms with van der Waals surface area (Å²) in [7, 11) is 0. The number of ether oxygens (including phenoxy) is 1. The first-order chi connectivity index (χ1) is 10.0. The van der Waals surface area contributed by atoms with Crippen molar-refractivity contribution >= 4 is 0 Å². The van der Waals surface area contributed by atoms with Crippen LogP contribution in [0.5, 0.6) is 0 Å². The standard InChI is InChI=1S/C15H21F3N2O/c1-2-19-13(9-21-10-15(16,17)18)12-7-3-5-11-6-4-8-20-14(11)12/h4,6,8,12-13,19H,2-3,5,7,9-10H2,1H3. The zero-order valence-electron chi connectivity index (χ0n) is 12.1. The molecule has 0 saturated heterocycles. The molecule has 0 fully saturated rings. The summed E-state index contributed by atoms with van der Waals surface area (Å²) in [5.41, 5.74) is 2.21. The van der Waals surface area contributed by atoms with E-state index in [1.54, 1.807) is 6.20 Å². The average molecular weight is 302 g/mol. The van der Waals surface area contributed by atoms with E-state index in [0.717, 1.165) is 25.0 Å². The Labute approximate surface area is 122 Å². The van der Waals surface area contributed by atoms with E-state index in [-0.39, 0.29) is 18.6 Å². The fraction of sp³-hybridized carbons (Fsp3) is 0.667. The molecular formula is C15H21F3N2O. The van der Waals surface area contributed by atoms with Gasteiger partial charge in [0.15, 0.2) is 0 Å². The van der Waals surface area contributed by atoms with Crippen molar-refractivity contribution in [2.45, 2.75) is 44.3 Å². The first-order valence-corrected chi connectivity index (χ1v) is 7.33. The number of aromatic nitrogens is 1. The molecule has 118 valence electrons. The molecule has 1 aliphatic carbocycles. The van der Waals surface area contributed by atoms with Crippen molar-refractivity contribution in [2.75, 3.05) is 19.8 Å². The number of nitrogens with zero attached hydrogens (tertiary/aromatic N) is 1. The summed E-state index contributed by atoms with van der Waals surface area (Å²) >= 11 is 0. The van der Waals surface area contributed by atoms with E-state index in [1.165, 1.54) is 5.56 Å². The van der Waals surface area contributed by atoms with Gasteiger partial charge in [0.1, 0.15) is 6.61 Å². The number of fused-ring (bicyclic) bond motifs is 1. The van der Waals surface area contributed by atoms with E-state index < -0.39 is 12.8 Å². The van der Waals surface area contributed by atoms with Crippen LogP contribution < -0.4 is 5.32 Å². The molecule has 2 unspecified atom stereocenters. The summed E-state index contributed by atoms with van der Waals surface area (Å²) < 4.78 is 41.5. The van der Waals surface area contributed by atoms with Gasteiger partial charge in [-0.25, -0.2) is 0 Å². The third-order valence-electron chi connectivity index (χ3n) is 3.75. The number of pyridine rings is 1. The Morgan fingerprint density at radius 1 is 1.48 bits per heavy atom. The summed E-state index contributed by atoms with van der Waals surface area (Å²) in [6.07, 6.45) is 0.416. The van der Waals surface area contributed by atoms with Gasteiger partial charge in [-0.1, -0.05) is 13.0 Å². The molecule has 6 heteroatoms. The van der Waals surface area contributed by atoms with Crippen LogP contribution in [0.4, 0.5) is 13.2 Å². The second kappa shape index (κ2) is 7.22. The molecule has 0 saturated carbocycles. The predicted octanol–water partition coefficient (Wildman–Crippen LogP) is 3.06. The van der Waals surface area contributed by atoms with Crippen LogP contribution >= 0.6 is 0 Å². The SMILES string of the molecule is CCNC(COCC(F)(F)F)C1CCCc2cccnc21. The molecule has 1 aliphatic rings. The number of hydrogen-bond acceptors (Lipinski definition) is 3. The Morgan fingerprint density at radius 2 is 2.29 bits per heavy atom. The molecule has 1 aromatic rings. The van der Waals surface area contributed by atoms with Crippen LogP contribution in [0.1, 0.15) is 36.9 Å². The van der Waals surface area contributed by atoms with Crippen LogP contribution in [0, 0.1) is 0 Å². The fourth-order valence-corrected chi connectivity index (χ4v) is 2.92. The van der Waals surface area contributed by atoms with E-state index in [1.807, 2.05) is 19.1 Å². The van der Waals surface area contributed by atoms with Gasteiger partial charge in [0, 0.05) is 23.9 Å². The molecule has 0 radical (unpaired) electrons. The van der Waals surface area contributed by atoms with E-state index >= 15 is 0 Å². The Kier molecular flexibility index (Phi) is 5.58. The lowest BCUT2D eigenvalue weighted by atomic mass is 9.82. The van der Waals surface area contributed by atoms with Crippen molar-refractivity contribution in [3.63, 3.8) is 0 Å². The molecule has 1 aromatic heterocycles. The van der Waals surface area contributed by atoms with Gasteiger partial charge in [-0.3, -0.25) is 4.98 Å². The lowest BCUT2D eigenvalue weighted by Crippen LogP contribution is -2.41. The second-order valence-electron chi connectivity index (χ2n) is 5.34. The molecule has 0 spiro atoms. The molecule has 1 N–H and O–H groups in total. The van der Waals surface area contributed by atoms with Crippen LogP contribution in [-0.4, -0.2) is 37.0 Å². The largest absolute Gasteiger partial charge is 0.411 e. The van der Waals surface area contributed by atoms with Gasteiger partial charge in [0.25, 0.3) is 0 Å². The van der Waals surface area contributed by atoms with Gasteiger partial charge < -0.3 is 10.1 Å². The zero-order valence-corrected chi connectivity index (χ0v) is 12.1. The predicted molar refractivity (Wildman–Crippen MR) is 74.3 cm³/mol. The Morgan fingerprint density at radius 3 is 3.00 bits per heavy atom. The molecule has 0 aliphatic heterocycles. The maximum Gasteiger partial charge on any atom is 0.411 e. The van der Waals surface area contributed by atoms with Gasteiger partial charge in [-0.15, -0.1) is 0 Å². The van der Waals surface area contributed by atoms with Crippen molar-refractivity contribution < 1.29 is 17.9 Å². The number of aryl methyl sites for hydroxylation is 1. The lowest BCUT2D eigenvalue weighted by molar-refractivity contribution is -0.175. The molecule has 21 heavy (non-hydrogen) atoms. The minimum Gasteiger partial charge on any atom is -0.370 e. The Balaban J connectivity index is 2.05. The number of rotatable bonds is 6. The van der Waals surface area contributed by atoms with Gasteiger partial charge in [0.2, 0.25) is 0 Å². The fourth-order valence-electron chi connectivity index (χ4n) is 2.92. The number of likely N-dealkylation sites (N-methyl/N-ethyl adjacent to an activating group) is 1. The van der Waals surface area contributed by atoms with Crippen molar-refractivity contribution in [1.29, 1.82) is 0 Å². The Bertz CT molecular complexity index is 451. The highest BCUT2D eigenvalue weighted by atomic mass is 19.4. The minimum atomic E-state index is -4.28. The number of halogens is 3. The molecule has 1 heterocycles. The van der Waals surface area contributed by atoms with Crippen molar-refractivity contribution in [2.24, 2.45) is 0 Å². The summed E-state index contributed by atoms with van der Waals surface area (Å²) in [5, 5.41) is 3.25. The molecule has 0 bridgehead atoms. The molecule has 0 aromatic carbocycles. The van der Waals surface area contributed by atoms with Gasteiger partial charge in [-0.05, 0) is 37.4 Å². The van der Waals surface area contributed by atoms with Gasteiger partial charge in [-0.2, -0.15) is 13.2 Å². The number of nitrogens with one attached hydrogen (secondary N) is 1. The summed E-state index contributed by atoms with van der Waals surface area (Å²) in [5.74, 6) is 0.114. The quantitative estimate of drug-likeness (QED) is 0.877. The topological polar surface area (TPSA) is 34.1 Å². The van der Waals surface area contributed by atoms with E-state index in [4.69, 9.17) is 4.74 Å². The molecule has 3 nitrogen and oxygen atoms in total. The normalized spacial score (nSPS) is 20.1. The Hall–Kier alpha value is -1.14. The highest BCUT2D eigenvalue weighted by molar-refractivity contribution is 5.27. The second-order valence-corrected chi connectivity index (χ2v) is 5.34. The zero-order chi connectivity index (χ0) is 15.3. The van der Waals surface area contributed by atoms with E-state index in [0.29, 0.717) is 6.54 Å². The highest BCUT2D eigenvalue weighted by Gasteiger charge is 2.31. The first kappa shape index (κ1) is 16.2. The van der Waals surface area contributed by atoms with Crippen molar-refractivity contribution in [1.82, 2.24) is 10.3 Å². The first-order valence-electron chi connectivity index (χ1n) is 7.33. The van der Waals surface area contributed by atoms with Crippen molar-refractivity contribution in [3.05, 3.63) is 29.6 Å². The summed E-state index contributed by atoms with van der Waals surface area (Å²) in [4.78, 5) is 4.44. The van der Waals surface area contributed by atoms with Crippen LogP contribution in [-0.2, 0) is 11.2 Å². The van der Waals surface area contributed by atoms with Gasteiger partial charge in [0.05, 0.1) is 6.61 Å². The van der Waals surface area contributed by atoms with Crippen LogP contribution in [0.25, 0.3) is 0 Å². The molecule has 2 atom stereocenters. The molecular weight excluding hydrogens is 281 g/mol. The van der Waals surface area contributed by atoms with Crippen LogP contribution in [0.2, 0.25) is 0 Å². The summed E-state index contributed by atoms with van der Waals surface area (Å²) in [6.45, 7) is 1.49. The third kappa shape index (κ3) is 4.68. The van der Waals surface area contributed by atoms with Crippen LogP contribution in [0.3, 0.4) is 0 Å². The number of hydrogen-bond donors (Lipinski definition) is 1. The van der Waals surface area contributed by atoms with E-state index in [9.17, 15) is 13.2 Å². The minimum absolute atomic E-state index is 0.0496. The maximum absolute atomic E-state index is 12.2. The van der Waals surface area contributed by atoms with Gasteiger partial charge >= 0.3 is 6.18 Å². The maximum atomic E-state index is 12.2. The van der Waals surface area contributed by atoms with Crippen LogP contribution in [0.15, 0.2) is 18.3 Å². The highest BCUT2D eigenvalue weighted by Crippen LogP contribution is 2.32. The summed E-state index contributed by atoms with van der Waals surface area (Å²) in [6, 6.07) is 3.82. The molecule has 0 amide bonds. The lowest BCUT2D eigenvalue weighted by Gasteiger charge is -2.31. The molecule has 2 rings (SSSR count). The third-order valence-corrected chi connectivity index (χ3v) is 3.75. The smallest absolute Gasteiger partial charge is 0.370 e. The van der Waals surface area contributed by atoms with Crippen molar-refractivity contribution in [3.8, 4) is 0 Å². The monoisotopic (exact) mass is 302 g/mol. The number of alkyl halides is 3.